The zero-order valence-corrected chi connectivity index (χ0v) is 11.5. The second kappa shape index (κ2) is 4.11. The summed E-state index contributed by atoms with van der Waals surface area (Å²) in [6.45, 7) is 7.12. The van der Waals surface area contributed by atoms with Gasteiger partial charge in [0.15, 0.2) is 0 Å². The molecular formula is C13H22N2S. The summed E-state index contributed by atoms with van der Waals surface area (Å²) in [4.78, 5) is 4.54. The molecule has 0 aromatic carbocycles. The minimum atomic E-state index is 0.115. The van der Waals surface area contributed by atoms with Crippen molar-refractivity contribution in [2.75, 3.05) is 7.05 Å². The number of hydrogen-bond donors (Lipinski definition) is 1. The number of rotatable bonds is 2. The van der Waals surface area contributed by atoms with Crippen LogP contribution in [0.1, 0.15) is 45.0 Å². The molecule has 2 atom stereocenters. The third-order valence-electron chi connectivity index (χ3n) is 4.16. The summed E-state index contributed by atoms with van der Waals surface area (Å²) >= 11 is 1.78. The van der Waals surface area contributed by atoms with Gasteiger partial charge in [0.05, 0.1) is 5.54 Å². The van der Waals surface area contributed by atoms with Crippen molar-refractivity contribution in [2.45, 2.75) is 45.6 Å². The molecule has 1 heterocycles. The summed E-state index contributed by atoms with van der Waals surface area (Å²) in [6.07, 6.45) is 5.67. The van der Waals surface area contributed by atoms with E-state index in [4.69, 9.17) is 0 Å². The van der Waals surface area contributed by atoms with Crippen molar-refractivity contribution in [3.63, 3.8) is 0 Å². The van der Waals surface area contributed by atoms with Gasteiger partial charge in [0.1, 0.15) is 5.01 Å². The first-order valence-electron chi connectivity index (χ1n) is 6.09. The lowest BCUT2D eigenvalue weighted by Gasteiger charge is -2.47. The van der Waals surface area contributed by atoms with Crippen LogP contribution in [0, 0.1) is 11.3 Å². The Morgan fingerprint density at radius 3 is 2.69 bits per heavy atom. The normalized spacial score (nSPS) is 33.9. The lowest BCUT2D eigenvalue weighted by molar-refractivity contribution is 0.0775. The third kappa shape index (κ3) is 1.91. The molecule has 1 N–H and O–H groups in total. The fourth-order valence-electron chi connectivity index (χ4n) is 3.13. The van der Waals surface area contributed by atoms with Crippen LogP contribution < -0.4 is 5.32 Å². The molecule has 0 amide bonds. The van der Waals surface area contributed by atoms with Crippen molar-refractivity contribution in [1.82, 2.24) is 10.3 Å². The van der Waals surface area contributed by atoms with Crippen LogP contribution in [0.25, 0.3) is 0 Å². The van der Waals surface area contributed by atoms with Crippen molar-refractivity contribution in [2.24, 2.45) is 11.3 Å². The van der Waals surface area contributed by atoms with Crippen molar-refractivity contribution < 1.29 is 0 Å². The topological polar surface area (TPSA) is 24.9 Å². The lowest BCUT2D eigenvalue weighted by Crippen LogP contribution is -2.50. The summed E-state index contributed by atoms with van der Waals surface area (Å²) in [5, 5.41) is 6.90. The Kier molecular flexibility index (Phi) is 3.10. The Labute approximate surface area is 102 Å². The van der Waals surface area contributed by atoms with Gasteiger partial charge in [0, 0.05) is 11.6 Å². The molecule has 0 bridgehead atoms. The van der Waals surface area contributed by atoms with Crippen LogP contribution in [0.15, 0.2) is 11.6 Å². The standard InChI is InChI=1S/C13H22N2S/c1-10-9-12(2,3)5-6-13(10,14-4)11-15-7-8-16-11/h7-8,10,14H,5-6,9H2,1-4H3. The second-order valence-electron chi connectivity index (χ2n) is 5.83. The van der Waals surface area contributed by atoms with E-state index in [9.17, 15) is 0 Å². The molecule has 1 saturated carbocycles. The third-order valence-corrected chi connectivity index (χ3v) is 5.11. The average Bonchev–Trinajstić information content (AvgIpc) is 2.71. The van der Waals surface area contributed by atoms with Gasteiger partial charge >= 0.3 is 0 Å². The van der Waals surface area contributed by atoms with Gasteiger partial charge in [0.25, 0.3) is 0 Å². The summed E-state index contributed by atoms with van der Waals surface area (Å²) in [5.74, 6) is 0.646. The Morgan fingerprint density at radius 1 is 1.44 bits per heavy atom. The minimum absolute atomic E-state index is 0.115. The van der Waals surface area contributed by atoms with Gasteiger partial charge in [-0.3, -0.25) is 0 Å². The SMILES string of the molecule is CNC1(c2nccs2)CCC(C)(C)CC1C. The molecule has 0 spiro atoms. The van der Waals surface area contributed by atoms with Gasteiger partial charge in [-0.25, -0.2) is 4.98 Å². The Hall–Kier alpha value is -0.410. The van der Waals surface area contributed by atoms with Gasteiger partial charge in [-0.05, 0) is 37.6 Å². The molecule has 2 rings (SSSR count). The molecule has 1 fully saturated rings. The molecule has 2 nitrogen and oxygen atoms in total. The fourth-order valence-corrected chi connectivity index (χ4v) is 4.11. The number of nitrogens with one attached hydrogen (secondary N) is 1. The van der Waals surface area contributed by atoms with Crippen LogP contribution in [0.4, 0.5) is 0 Å². The van der Waals surface area contributed by atoms with E-state index in [0.29, 0.717) is 11.3 Å². The Bertz CT molecular complexity index is 345. The predicted molar refractivity (Wildman–Crippen MR) is 69.6 cm³/mol. The number of hydrogen-bond acceptors (Lipinski definition) is 3. The minimum Gasteiger partial charge on any atom is -0.308 e. The van der Waals surface area contributed by atoms with Gasteiger partial charge < -0.3 is 5.32 Å². The van der Waals surface area contributed by atoms with Crippen molar-refractivity contribution in [3.8, 4) is 0 Å². The quantitative estimate of drug-likeness (QED) is 0.854. The summed E-state index contributed by atoms with van der Waals surface area (Å²) < 4.78 is 0. The van der Waals surface area contributed by atoms with Gasteiger partial charge in [-0.1, -0.05) is 20.8 Å². The lowest BCUT2D eigenvalue weighted by atomic mass is 9.64. The molecule has 1 aliphatic carbocycles. The fraction of sp³-hybridized carbons (Fsp3) is 0.769. The monoisotopic (exact) mass is 238 g/mol. The van der Waals surface area contributed by atoms with Crippen LogP contribution in [-0.4, -0.2) is 12.0 Å². The van der Waals surface area contributed by atoms with Crippen LogP contribution in [0.3, 0.4) is 0 Å². The molecular weight excluding hydrogens is 216 g/mol. The molecule has 0 radical (unpaired) electrons. The van der Waals surface area contributed by atoms with E-state index in [1.165, 1.54) is 24.3 Å². The van der Waals surface area contributed by atoms with E-state index in [2.05, 4.69) is 43.5 Å². The average molecular weight is 238 g/mol. The zero-order valence-electron chi connectivity index (χ0n) is 10.7. The summed E-state index contributed by atoms with van der Waals surface area (Å²) in [5.41, 5.74) is 0.598. The molecule has 1 aromatic heterocycles. The maximum atomic E-state index is 4.54. The first-order valence-corrected chi connectivity index (χ1v) is 6.97. The smallest absolute Gasteiger partial charge is 0.113 e. The van der Waals surface area contributed by atoms with Crippen molar-refractivity contribution in [3.05, 3.63) is 16.6 Å². The van der Waals surface area contributed by atoms with E-state index in [-0.39, 0.29) is 5.54 Å². The maximum Gasteiger partial charge on any atom is 0.113 e. The molecule has 0 aliphatic heterocycles. The number of nitrogens with zero attached hydrogens (tertiary/aromatic N) is 1. The number of aromatic nitrogens is 1. The van der Waals surface area contributed by atoms with E-state index in [0.717, 1.165) is 0 Å². The van der Waals surface area contributed by atoms with Crippen LogP contribution in [0.5, 0.6) is 0 Å². The van der Waals surface area contributed by atoms with Crippen molar-refractivity contribution in [1.29, 1.82) is 0 Å². The Morgan fingerprint density at radius 2 is 2.19 bits per heavy atom. The molecule has 0 saturated heterocycles. The van der Waals surface area contributed by atoms with Crippen LogP contribution in [0.2, 0.25) is 0 Å². The van der Waals surface area contributed by atoms with Gasteiger partial charge in [-0.15, -0.1) is 11.3 Å². The molecule has 90 valence electrons. The summed E-state index contributed by atoms with van der Waals surface area (Å²) in [7, 11) is 2.08. The first kappa shape index (κ1) is 12.1. The molecule has 16 heavy (non-hydrogen) atoms. The molecule has 3 heteroatoms. The molecule has 1 aliphatic rings. The highest BCUT2D eigenvalue weighted by Gasteiger charge is 2.45. The maximum absolute atomic E-state index is 4.54. The van der Waals surface area contributed by atoms with Crippen molar-refractivity contribution >= 4 is 11.3 Å². The van der Waals surface area contributed by atoms with E-state index in [1.807, 2.05) is 6.20 Å². The number of thiazole rings is 1. The van der Waals surface area contributed by atoms with Gasteiger partial charge in [-0.2, -0.15) is 0 Å². The first-order chi connectivity index (χ1) is 7.50. The highest BCUT2D eigenvalue weighted by atomic mass is 32.1. The molecule has 2 unspecified atom stereocenters. The van der Waals surface area contributed by atoms with E-state index >= 15 is 0 Å². The summed E-state index contributed by atoms with van der Waals surface area (Å²) in [6, 6.07) is 0. The highest BCUT2D eigenvalue weighted by molar-refractivity contribution is 7.09. The highest BCUT2D eigenvalue weighted by Crippen LogP contribution is 2.48. The van der Waals surface area contributed by atoms with Crippen LogP contribution in [-0.2, 0) is 5.54 Å². The van der Waals surface area contributed by atoms with E-state index < -0.39 is 0 Å². The zero-order chi connectivity index (χ0) is 11.8. The largest absolute Gasteiger partial charge is 0.308 e. The van der Waals surface area contributed by atoms with Gasteiger partial charge in [0.2, 0.25) is 0 Å². The molecule has 1 aromatic rings. The van der Waals surface area contributed by atoms with E-state index in [1.54, 1.807) is 11.3 Å². The van der Waals surface area contributed by atoms with Crippen LogP contribution >= 0.6 is 11.3 Å². The Balaban J connectivity index is 2.30. The predicted octanol–water partition coefficient (Wildman–Crippen LogP) is 3.40. The second-order valence-corrected chi connectivity index (χ2v) is 6.72.